The van der Waals surface area contributed by atoms with E-state index >= 15 is 0 Å². The highest BCUT2D eigenvalue weighted by molar-refractivity contribution is 8.00. The fourth-order valence-corrected chi connectivity index (χ4v) is 4.42. The number of rotatable bonds is 1. The number of nitrogens with zero attached hydrogens (tertiary/aromatic N) is 1. The molecule has 20 heavy (non-hydrogen) atoms. The molecule has 4 rings (SSSR count). The molecule has 0 saturated carbocycles. The molecule has 0 saturated heterocycles. The van der Waals surface area contributed by atoms with Gasteiger partial charge in [0.15, 0.2) is 0 Å². The smallest absolute Gasteiger partial charge is 0.0702 e. The zero-order valence-corrected chi connectivity index (χ0v) is 12.1. The monoisotopic (exact) mass is 277 g/mol. The Hall–Kier alpha value is -1.80. The first-order valence-corrected chi connectivity index (χ1v) is 7.78. The summed E-state index contributed by atoms with van der Waals surface area (Å²) in [6, 6.07) is 12.8. The number of hydrogen-bond donors (Lipinski definition) is 0. The molecular formula is C18H15NS. The van der Waals surface area contributed by atoms with Gasteiger partial charge < -0.3 is 0 Å². The quantitative estimate of drug-likeness (QED) is 0.741. The molecule has 1 aliphatic heterocycles. The van der Waals surface area contributed by atoms with Gasteiger partial charge in [-0.15, -0.1) is 11.8 Å². The van der Waals surface area contributed by atoms with E-state index in [1.807, 2.05) is 30.1 Å². The van der Waals surface area contributed by atoms with Crippen LogP contribution >= 0.6 is 11.8 Å². The van der Waals surface area contributed by atoms with E-state index in [-0.39, 0.29) is 0 Å². The van der Waals surface area contributed by atoms with Crippen LogP contribution in [-0.4, -0.2) is 10.2 Å². The van der Waals surface area contributed by atoms with Crippen molar-refractivity contribution in [1.82, 2.24) is 4.98 Å². The lowest BCUT2D eigenvalue weighted by molar-refractivity contribution is 0.872. The molecule has 2 atom stereocenters. The molecule has 0 amide bonds. The van der Waals surface area contributed by atoms with Crippen LogP contribution < -0.4 is 0 Å². The van der Waals surface area contributed by atoms with Crippen molar-refractivity contribution in [2.24, 2.45) is 0 Å². The van der Waals surface area contributed by atoms with E-state index in [9.17, 15) is 0 Å². The second-order valence-corrected chi connectivity index (χ2v) is 6.57. The Morgan fingerprint density at radius 2 is 2.10 bits per heavy atom. The second-order valence-electron chi connectivity index (χ2n) is 5.35. The summed E-state index contributed by atoms with van der Waals surface area (Å²) in [6.07, 6.45) is 8.82. The number of fused-ring (bicyclic) bond motifs is 3. The van der Waals surface area contributed by atoms with Gasteiger partial charge in [-0.1, -0.05) is 42.0 Å². The third kappa shape index (κ3) is 1.92. The standard InChI is InChI=1S/C18H15NS/c1-12-5-7-14-15-8-6-13(16-4-2-3-9-19-16)11-18(15)20-17(14)10-12/h2-11,14,17H,1H3/t14-,17-/m0/s1. The van der Waals surface area contributed by atoms with Crippen LogP contribution in [0.3, 0.4) is 0 Å². The van der Waals surface area contributed by atoms with Crippen molar-refractivity contribution in [2.45, 2.75) is 23.0 Å². The van der Waals surface area contributed by atoms with Crippen molar-refractivity contribution in [3.8, 4) is 11.3 Å². The van der Waals surface area contributed by atoms with Gasteiger partial charge in [-0.25, -0.2) is 0 Å². The lowest BCUT2D eigenvalue weighted by atomic mass is 9.90. The fraction of sp³-hybridized carbons (Fsp3) is 0.167. The topological polar surface area (TPSA) is 12.9 Å². The zero-order chi connectivity index (χ0) is 13.5. The van der Waals surface area contributed by atoms with Gasteiger partial charge >= 0.3 is 0 Å². The largest absolute Gasteiger partial charge is 0.256 e. The minimum absolute atomic E-state index is 0.538. The lowest BCUT2D eigenvalue weighted by Crippen LogP contribution is -2.08. The molecule has 98 valence electrons. The summed E-state index contributed by atoms with van der Waals surface area (Å²) in [7, 11) is 0. The molecule has 0 unspecified atom stereocenters. The van der Waals surface area contributed by atoms with E-state index < -0.39 is 0 Å². The number of benzene rings is 1. The van der Waals surface area contributed by atoms with Gasteiger partial charge in [0.2, 0.25) is 0 Å². The molecule has 1 aromatic heterocycles. The maximum absolute atomic E-state index is 4.44. The molecule has 1 nitrogen and oxygen atoms in total. The Morgan fingerprint density at radius 1 is 1.15 bits per heavy atom. The number of allylic oxidation sites excluding steroid dienone is 3. The normalized spacial score (nSPS) is 23.1. The van der Waals surface area contributed by atoms with E-state index in [0.717, 1.165) is 5.69 Å². The Kier molecular flexibility index (Phi) is 2.78. The number of hydrogen-bond acceptors (Lipinski definition) is 2. The molecule has 0 fully saturated rings. The Morgan fingerprint density at radius 3 is 2.95 bits per heavy atom. The van der Waals surface area contributed by atoms with Crippen molar-refractivity contribution in [1.29, 1.82) is 0 Å². The molecule has 0 bridgehead atoms. The highest BCUT2D eigenvalue weighted by atomic mass is 32.2. The summed E-state index contributed by atoms with van der Waals surface area (Å²) in [5.41, 5.74) is 5.09. The van der Waals surface area contributed by atoms with Gasteiger partial charge in [0, 0.05) is 27.8 Å². The van der Waals surface area contributed by atoms with Crippen molar-refractivity contribution >= 4 is 11.8 Å². The van der Waals surface area contributed by atoms with Crippen LogP contribution in [0.25, 0.3) is 11.3 Å². The average molecular weight is 277 g/mol. The van der Waals surface area contributed by atoms with E-state index in [4.69, 9.17) is 0 Å². The fourth-order valence-electron chi connectivity index (χ4n) is 2.92. The predicted molar refractivity (Wildman–Crippen MR) is 85.0 cm³/mol. The molecule has 1 aromatic carbocycles. The molecule has 0 spiro atoms. The van der Waals surface area contributed by atoms with Crippen molar-refractivity contribution in [3.05, 3.63) is 72.0 Å². The second kappa shape index (κ2) is 4.64. The first-order chi connectivity index (χ1) is 9.81. The molecule has 0 N–H and O–H groups in total. The minimum Gasteiger partial charge on any atom is -0.256 e. The van der Waals surface area contributed by atoms with E-state index in [1.165, 1.54) is 21.6 Å². The van der Waals surface area contributed by atoms with Gasteiger partial charge in [-0.3, -0.25) is 4.98 Å². The first-order valence-electron chi connectivity index (χ1n) is 6.90. The highest BCUT2D eigenvalue weighted by Gasteiger charge is 2.31. The van der Waals surface area contributed by atoms with Crippen LogP contribution in [0, 0.1) is 0 Å². The third-order valence-corrected chi connectivity index (χ3v) is 5.25. The van der Waals surface area contributed by atoms with E-state index in [1.54, 1.807) is 0 Å². The van der Waals surface area contributed by atoms with Crippen LogP contribution in [0.5, 0.6) is 0 Å². The molecule has 2 heteroatoms. The Balaban J connectivity index is 1.75. The first kappa shape index (κ1) is 12.0. The highest BCUT2D eigenvalue weighted by Crippen LogP contribution is 2.49. The maximum atomic E-state index is 4.44. The van der Waals surface area contributed by atoms with Crippen LogP contribution in [0.15, 0.2) is 71.3 Å². The summed E-state index contributed by atoms with van der Waals surface area (Å²) in [4.78, 5) is 5.84. The van der Waals surface area contributed by atoms with Gasteiger partial charge in [0.25, 0.3) is 0 Å². The molecule has 2 aromatic rings. The maximum Gasteiger partial charge on any atom is 0.0702 e. The van der Waals surface area contributed by atoms with Gasteiger partial charge in [0.05, 0.1) is 5.69 Å². The lowest BCUT2D eigenvalue weighted by Gasteiger charge is -2.17. The van der Waals surface area contributed by atoms with Crippen LogP contribution in [0.1, 0.15) is 18.4 Å². The van der Waals surface area contributed by atoms with Gasteiger partial charge in [-0.2, -0.15) is 0 Å². The summed E-state index contributed by atoms with van der Waals surface area (Å²) in [6.45, 7) is 2.18. The molecular weight excluding hydrogens is 262 g/mol. The van der Waals surface area contributed by atoms with E-state index in [0.29, 0.717) is 11.2 Å². The number of aromatic nitrogens is 1. The van der Waals surface area contributed by atoms with Gasteiger partial charge in [0.1, 0.15) is 0 Å². The van der Waals surface area contributed by atoms with Crippen LogP contribution in [-0.2, 0) is 0 Å². The summed E-state index contributed by atoms with van der Waals surface area (Å²) < 4.78 is 0. The minimum atomic E-state index is 0.538. The Labute approximate surface area is 123 Å². The van der Waals surface area contributed by atoms with Crippen LogP contribution in [0.2, 0.25) is 0 Å². The molecule has 2 aliphatic rings. The Bertz CT molecular complexity index is 715. The summed E-state index contributed by atoms with van der Waals surface area (Å²) >= 11 is 1.98. The number of pyridine rings is 1. The van der Waals surface area contributed by atoms with E-state index in [2.05, 4.69) is 54.4 Å². The number of thioether (sulfide) groups is 1. The third-order valence-electron chi connectivity index (χ3n) is 3.94. The summed E-state index contributed by atoms with van der Waals surface area (Å²) in [5, 5.41) is 0.564. The molecule has 2 heterocycles. The van der Waals surface area contributed by atoms with Crippen molar-refractivity contribution in [2.75, 3.05) is 0 Å². The predicted octanol–water partition coefficient (Wildman–Crippen LogP) is 4.82. The van der Waals surface area contributed by atoms with Crippen LogP contribution in [0.4, 0.5) is 0 Å². The molecule has 1 aliphatic carbocycles. The SMILES string of the molecule is CC1=C[C@@H]2Sc3cc(-c4ccccn4)ccc3[C@@H]2C=C1. The van der Waals surface area contributed by atoms with Crippen molar-refractivity contribution in [3.63, 3.8) is 0 Å². The molecule has 0 radical (unpaired) electrons. The van der Waals surface area contributed by atoms with Gasteiger partial charge in [-0.05, 0) is 30.7 Å². The zero-order valence-electron chi connectivity index (χ0n) is 11.3. The summed E-state index contributed by atoms with van der Waals surface area (Å²) in [5.74, 6) is 0.538. The average Bonchev–Trinajstić information content (AvgIpc) is 2.84. The van der Waals surface area contributed by atoms with Crippen molar-refractivity contribution < 1.29 is 0 Å².